The van der Waals surface area contributed by atoms with Crippen molar-refractivity contribution in [1.82, 2.24) is 0 Å². The third-order valence-electron chi connectivity index (χ3n) is 5.11. The number of amides is 1. The van der Waals surface area contributed by atoms with E-state index in [2.05, 4.69) is 5.32 Å². The molecule has 178 valence electrons. The molecule has 9 heteroatoms. The van der Waals surface area contributed by atoms with Crippen molar-refractivity contribution in [1.29, 1.82) is 0 Å². The van der Waals surface area contributed by atoms with E-state index >= 15 is 0 Å². The first-order valence-electron chi connectivity index (χ1n) is 10.3. The SMILES string of the molecule is COc1cccc(C(=O)Nc2sc(-c3ccc(OCc4c(Cl)cccc4Cl)cc3)cc2C(=O)O)c1. The molecule has 3 aromatic carbocycles. The average molecular weight is 528 g/mol. The van der Waals surface area contributed by atoms with Crippen molar-refractivity contribution in [3.8, 4) is 21.9 Å². The number of ether oxygens (including phenoxy) is 2. The molecule has 35 heavy (non-hydrogen) atoms. The molecular weight excluding hydrogens is 509 g/mol. The Morgan fingerprint density at radius 1 is 0.943 bits per heavy atom. The highest BCUT2D eigenvalue weighted by Gasteiger charge is 2.19. The van der Waals surface area contributed by atoms with E-state index in [1.54, 1.807) is 54.6 Å². The van der Waals surface area contributed by atoms with E-state index in [9.17, 15) is 14.7 Å². The van der Waals surface area contributed by atoms with Crippen LogP contribution in [0.1, 0.15) is 26.3 Å². The van der Waals surface area contributed by atoms with Gasteiger partial charge in [0.1, 0.15) is 23.1 Å². The van der Waals surface area contributed by atoms with Gasteiger partial charge in [0.05, 0.1) is 12.7 Å². The molecule has 6 nitrogen and oxygen atoms in total. The van der Waals surface area contributed by atoms with E-state index in [0.717, 1.165) is 5.56 Å². The fourth-order valence-electron chi connectivity index (χ4n) is 3.27. The lowest BCUT2D eigenvalue weighted by atomic mass is 10.1. The second-order valence-corrected chi connectivity index (χ2v) is 9.22. The van der Waals surface area contributed by atoms with Crippen molar-refractivity contribution in [3.63, 3.8) is 0 Å². The van der Waals surface area contributed by atoms with Gasteiger partial charge in [0.2, 0.25) is 0 Å². The number of rotatable bonds is 8. The van der Waals surface area contributed by atoms with Crippen LogP contribution in [0.25, 0.3) is 10.4 Å². The van der Waals surface area contributed by atoms with Crippen molar-refractivity contribution in [2.45, 2.75) is 6.61 Å². The fraction of sp³-hybridized carbons (Fsp3) is 0.0769. The van der Waals surface area contributed by atoms with Crippen LogP contribution in [0.2, 0.25) is 10.0 Å². The number of benzene rings is 3. The summed E-state index contributed by atoms with van der Waals surface area (Å²) in [5.74, 6) is -0.430. The first kappa shape index (κ1) is 24.6. The minimum atomic E-state index is -1.13. The lowest BCUT2D eigenvalue weighted by Crippen LogP contribution is -2.13. The maximum Gasteiger partial charge on any atom is 0.338 e. The predicted molar refractivity (Wildman–Crippen MR) is 138 cm³/mol. The number of carboxylic acids is 1. The van der Waals surface area contributed by atoms with E-state index < -0.39 is 11.9 Å². The van der Waals surface area contributed by atoms with Crippen LogP contribution in [-0.2, 0) is 6.61 Å². The average Bonchev–Trinajstić information content (AvgIpc) is 3.28. The molecule has 0 aliphatic heterocycles. The summed E-state index contributed by atoms with van der Waals surface area (Å²) in [7, 11) is 1.51. The Morgan fingerprint density at radius 2 is 1.63 bits per heavy atom. The smallest absolute Gasteiger partial charge is 0.338 e. The van der Waals surface area contributed by atoms with Crippen LogP contribution in [0, 0.1) is 0 Å². The number of carbonyl (C=O) groups is 2. The lowest BCUT2D eigenvalue weighted by molar-refractivity contribution is 0.0698. The maximum atomic E-state index is 12.7. The van der Waals surface area contributed by atoms with Crippen LogP contribution < -0.4 is 14.8 Å². The molecule has 2 N–H and O–H groups in total. The second kappa shape index (κ2) is 10.8. The number of anilines is 1. The zero-order valence-electron chi connectivity index (χ0n) is 18.4. The van der Waals surface area contributed by atoms with Gasteiger partial charge in [-0.05, 0) is 66.2 Å². The number of halogens is 2. The van der Waals surface area contributed by atoms with Crippen molar-refractivity contribution < 1.29 is 24.2 Å². The quantitative estimate of drug-likeness (QED) is 0.252. The minimum Gasteiger partial charge on any atom is -0.497 e. The molecule has 0 spiro atoms. The Labute approximate surface area is 215 Å². The Bertz CT molecular complexity index is 1360. The largest absolute Gasteiger partial charge is 0.497 e. The number of methoxy groups -OCH3 is 1. The van der Waals surface area contributed by atoms with Crippen LogP contribution >= 0.6 is 34.5 Å². The van der Waals surface area contributed by atoms with Gasteiger partial charge in [-0.2, -0.15) is 0 Å². The van der Waals surface area contributed by atoms with Crippen LogP contribution in [-0.4, -0.2) is 24.1 Å². The molecule has 1 aromatic heterocycles. The Morgan fingerprint density at radius 3 is 2.29 bits per heavy atom. The molecule has 4 rings (SSSR count). The number of carboxylic acid groups (broad SMARTS) is 1. The van der Waals surface area contributed by atoms with Gasteiger partial charge in [-0.15, -0.1) is 11.3 Å². The van der Waals surface area contributed by atoms with E-state index in [1.165, 1.54) is 24.5 Å². The highest BCUT2D eigenvalue weighted by molar-refractivity contribution is 7.20. The summed E-state index contributed by atoms with van der Waals surface area (Å²) >= 11 is 13.5. The molecule has 1 heterocycles. The third kappa shape index (κ3) is 5.77. The molecule has 0 aliphatic rings. The number of nitrogens with one attached hydrogen (secondary N) is 1. The minimum absolute atomic E-state index is 0.00920. The summed E-state index contributed by atoms with van der Waals surface area (Å²) in [5, 5.41) is 13.7. The van der Waals surface area contributed by atoms with Gasteiger partial charge in [0.25, 0.3) is 5.91 Å². The van der Waals surface area contributed by atoms with Crippen LogP contribution in [0.5, 0.6) is 11.5 Å². The van der Waals surface area contributed by atoms with Crippen LogP contribution in [0.15, 0.2) is 72.8 Å². The van der Waals surface area contributed by atoms with Gasteiger partial charge in [0.15, 0.2) is 0 Å². The summed E-state index contributed by atoms with van der Waals surface area (Å²) in [6.07, 6.45) is 0. The van der Waals surface area contributed by atoms with Crippen molar-refractivity contribution >= 4 is 51.4 Å². The standard InChI is InChI=1S/C26H19Cl2NO5S/c1-33-18-5-2-4-16(12-18)24(30)29-25-19(26(31)32)13-23(35-25)15-8-10-17(11-9-15)34-14-20-21(27)6-3-7-22(20)28/h2-13H,14H2,1H3,(H,29,30)(H,31,32). The summed E-state index contributed by atoms with van der Waals surface area (Å²) in [5.41, 5.74) is 1.84. The molecule has 0 radical (unpaired) electrons. The Balaban J connectivity index is 1.51. The Hall–Kier alpha value is -3.52. The number of carbonyl (C=O) groups excluding carboxylic acids is 1. The van der Waals surface area contributed by atoms with Gasteiger partial charge >= 0.3 is 5.97 Å². The van der Waals surface area contributed by atoms with Gasteiger partial charge in [-0.3, -0.25) is 4.79 Å². The maximum absolute atomic E-state index is 12.7. The zero-order valence-corrected chi connectivity index (χ0v) is 20.7. The van der Waals surface area contributed by atoms with Crippen molar-refractivity contribution in [2.75, 3.05) is 12.4 Å². The molecular formula is C26H19Cl2NO5S. The highest BCUT2D eigenvalue weighted by atomic mass is 35.5. The van der Waals surface area contributed by atoms with Crippen molar-refractivity contribution in [2.24, 2.45) is 0 Å². The van der Waals surface area contributed by atoms with E-state index in [1.807, 2.05) is 12.1 Å². The van der Waals surface area contributed by atoms with Gasteiger partial charge in [-0.1, -0.05) is 35.3 Å². The first-order valence-corrected chi connectivity index (χ1v) is 11.9. The first-order chi connectivity index (χ1) is 16.9. The van der Waals surface area contributed by atoms with Gasteiger partial charge < -0.3 is 19.9 Å². The lowest BCUT2D eigenvalue weighted by Gasteiger charge is -2.10. The van der Waals surface area contributed by atoms with E-state index in [-0.39, 0.29) is 17.2 Å². The molecule has 1 amide bonds. The molecule has 0 saturated heterocycles. The summed E-state index contributed by atoms with van der Waals surface area (Å²) in [4.78, 5) is 25.2. The molecule has 0 saturated carbocycles. The Kier molecular flexibility index (Phi) is 7.60. The molecule has 0 unspecified atom stereocenters. The third-order valence-corrected chi connectivity index (χ3v) is 6.91. The van der Waals surface area contributed by atoms with Crippen LogP contribution in [0.4, 0.5) is 5.00 Å². The zero-order chi connectivity index (χ0) is 24.9. The van der Waals surface area contributed by atoms with E-state index in [0.29, 0.717) is 37.5 Å². The highest BCUT2D eigenvalue weighted by Crippen LogP contribution is 2.37. The second-order valence-electron chi connectivity index (χ2n) is 7.36. The molecule has 0 bridgehead atoms. The normalized spacial score (nSPS) is 10.6. The number of hydrogen-bond donors (Lipinski definition) is 2. The number of thiophene rings is 1. The summed E-state index contributed by atoms with van der Waals surface area (Å²) in [6.45, 7) is 0.209. The monoisotopic (exact) mass is 527 g/mol. The molecule has 4 aromatic rings. The van der Waals surface area contributed by atoms with E-state index in [4.69, 9.17) is 32.7 Å². The number of aromatic carboxylic acids is 1. The summed E-state index contributed by atoms with van der Waals surface area (Å²) in [6, 6.07) is 20.6. The van der Waals surface area contributed by atoms with Crippen LogP contribution in [0.3, 0.4) is 0 Å². The molecule has 0 atom stereocenters. The molecule has 0 fully saturated rings. The van der Waals surface area contributed by atoms with Gasteiger partial charge in [-0.25, -0.2) is 4.79 Å². The van der Waals surface area contributed by atoms with Crippen molar-refractivity contribution in [3.05, 3.63) is 99.5 Å². The van der Waals surface area contributed by atoms with Gasteiger partial charge in [0, 0.05) is 26.0 Å². The number of hydrogen-bond acceptors (Lipinski definition) is 5. The fourth-order valence-corrected chi connectivity index (χ4v) is 4.82. The topological polar surface area (TPSA) is 84.9 Å². The predicted octanol–water partition coefficient (Wildman–Crippen LogP) is 7.26. The molecule has 0 aliphatic carbocycles. The summed E-state index contributed by atoms with van der Waals surface area (Å²) < 4.78 is 11.0.